The van der Waals surface area contributed by atoms with Crippen molar-refractivity contribution in [3.05, 3.63) is 58.6 Å². The summed E-state index contributed by atoms with van der Waals surface area (Å²) < 4.78 is 36.3. The number of carbonyl (C=O) groups excluding carboxylic acids is 2. The second-order valence-electron chi connectivity index (χ2n) is 5.96. The second kappa shape index (κ2) is 9.18. The van der Waals surface area contributed by atoms with Crippen LogP contribution < -0.4 is 4.74 Å². The summed E-state index contributed by atoms with van der Waals surface area (Å²) in [6.07, 6.45) is 0. The van der Waals surface area contributed by atoms with Crippen molar-refractivity contribution < 1.29 is 27.5 Å². The van der Waals surface area contributed by atoms with Crippen LogP contribution in [0.2, 0.25) is 5.02 Å². The van der Waals surface area contributed by atoms with Crippen LogP contribution in [-0.4, -0.2) is 45.2 Å². The van der Waals surface area contributed by atoms with E-state index in [1.54, 1.807) is 18.2 Å². The Morgan fingerprint density at radius 3 is 2.32 bits per heavy atom. The number of likely N-dealkylation sites (N-methyl/N-ethyl adjacent to an activating group) is 1. The lowest BCUT2D eigenvalue weighted by Crippen LogP contribution is -2.33. The van der Waals surface area contributed by atoms with E-state index in [2.05, 4.69) is 0 Å². The van der Waals surface area contributed by atoms with E-state index in [1.807, 2.05) is 0 Å². The summed E-state index contributed by atoms with van der Waals surface area (Å²) in [5.41, 5.74) is 0.963. The zero-order valence-corrected chi connectivity index (χ0v) is 17.2. The van der Waals surface area contributed by atoms with Crippen LogP contribution in [0.5, 0.6) is 5.75 Å². The Kier molecular flexibility index (Phi) is 7.17. The van der Waals surface area contributed by atoms with Crippen LogP contribution in [0.3, 0.4) is 0 Å². The van der Waals surface area contributed by atoms with Crippen LogP contribution in [0.25, 0.3) is 0 Å². The fraction of sp³-hybridized carbons (Fsp3) is 0.263. The van der Waals surface area contributed by atoms with Crippen molar-refractivity contribution in [3.8, 4) is 5.75 Å². The maximum atomic E-state index is 12.6. The van der Waals surface area contributed by atoms with Gasteiger partial charge in [0.2, 0.25) is 10.0 Å². The molecule has 0 saturated carbocycles. The smallest absolute Gasteiger partial charge is 0.321 e. The Bertz CT molecular complexity index is 972. The first kappa shape index (κ1) is 21.9. The molecule has 0 heterocycles. The van der Waals surface area contributed by atoms with Crippen molar-refractivity contribution in [3.63, 3.8) is 0 Å². The number of Topliss-reactive ketones (excluding diaryl/α,β-unsaturated/α-hetero) is 1. The monoisotopic (exact) mass is 425 g/mol. The quantitative estimate of drug-likeness (QED) is 0.477. The fourth-order valence-electron chi connectivity index (χ4n) is 2.37. The van der Waals surface area contributed by atoms with Gasteiger partial charge in [-0.2, -0.15) is 4.31 Å². The van der Waals surface area contributed by atoms with E-state index in [-0.39, 0.29) is 17.3 Å². The van der Waals surface area contributed by atoms with E-state index in [1.165, 1.54) is 45.3 Å². The third kappa shape index (κ3) is 5.31. The van der Waals surface area contributed by atoms with E-state index in [0.717, 1.165) is 4.31 Å². The van der Waals surface area contributed by atoms with Crippen LogP contribution in [-0.2, 0) is 26.2 Å². The molecule has 0 N–H and O–H groups in total. The summed E-state index contributed by atoms with van der Waals surface area (Å²) in [5.74, 6) is -0.394. The number of sulfonamides is 1. The Morgan fingerprint density at radius 1 is 1.11 bits per heavy atom. The maximum Gasteiger partial charge on any atom is 0.321 e. The lowest BCUT2D eigenvalue weighted by atomic mass is 10.2. The van der Waals surface area contributed by atoms with E-state index in [0.29, 0.717) is 21.9 Å². The first-order valence-electron chi connectivity index (χ1n) is 8.20. The van der Waals surface area contributed by atoms with Crippen molar-refractivity contribution in [2.45, 2.75) is 18.4 Å². The van der Waals surface area contributed by atoms with Gasteiger partial charge in [-0.3, -0.25) is 9.59 Å². The van der Waals surface area contributed by atoms with Gasteiger partial charge in [-0.1, -0.05) is 23.7 Å². The van der Waals surface area contributed by atoms with Crippen molar-refractivity contribution in [2.75, 3.05) is 20.7 Å². The number of ketones is 1. The van der Waals surface area contributed by atoms with Gasteiger partial charge in [0.15, 0.2) is 5.78 Å². The number of esters is 1. The third-order valence-electron chi connectivity index (χ3n) is 3.95. The van der Waals surface area contributed by atoms with Crippen molar-refractivity contribution >= 4 is 33.4 Å². The van der Waals surface area contributed by atoms with Crippen LogP contribution in [0.4, 0.5) is 0 Å². The molecule has 0 fully saturated rings. The highest BCUT2D eigenvalue weighted by molar-refractivity contribution is 7.89. The van der Waals surface area contributed by atoms with E-state index >= 15 is 0 Å². The minimum absolute atomic E-state index is 0.0238. The minimum Gasteiger partial charge on any atom is -0.496 e. The molecule has 0 atom stereocenters. The number of hydrogen-bond acceptors (Lipinski definition) is 6. The van der Waals surface area contributed by atoms with Crippen molar-refractivity contribution in [1.29, 1.82) is 0 Å². The number of rotatable bonds is 8. The molecule has 0 aliphatic rings. The fourth-order valence-corrected chi connectivity index (χ4v) is 3.68. The average Bonchev–Trinajstić information content (AvgIpc) is 2.66. The molecule has 0 aliphatic carbocycles. The Balaban J connectivity index is 2.03. The third-order valence-corrected chi connectivity index (χ3v) is 6.00. The molecular formula is C19H20ClNO6S. The number of halogens is 1. The van der Waals surface area contributed by atoms with Gasteiger partial charge >= 0.3 is 5.97 Å². The summed E-state index contributed by atoms with van der Waals surface area (Å²) in [5, 5.41) is 0.459. The number of methoxy groups -OCH3 is 1. The van der Waals surface area contributed by atoms with E-state index in [9.17, 15) is 18.0 Å². The summed E-state index contributed by atoms with van der Waals surface area (Å²) in [4.78, 5) is 23.4. The molecule has 0 radical (unpaired) electrons. The molecule has 28 heavy (non-hydrogen) atoms. The van der Waals surface area contributed by atoms with Crippen molar-refractivity contribution in [1.82, 2.24) is 4.31 Å². The first-order chi connectivity index (χ1) is 13.1. The minimum atomic E-state index is -3.90. The lowest BCUT2D eigenvalue weighted by Gasteiger charge is -2.17. The molecule has 2 aromatic rings. The summed E-state index contributed by atoms with van der Waals surface area (Å²) >= 11 is 5.93. The number of benzene rings is 2. The molecule has 0 bridgehead atoms. The lowest BCUT2D eigenvalue weighted by molar-refractivity contribution is -0.144. The topological polar surface area (TPSA) is 90.0 Å². The summed E-state index contributed by atoms with van der Waals surface area (Å²) in [7, 11) is -1.15. The van der Waals surface area contributed by atoms with E-state index < -0.39 is 22.5 Å². The van der Waals surface area contributed by atoms with Gasteiger partial charge in [-0.25, -0.2) is 8.42 Å². The van der Waals surface area contributed by atoms with E-state index in [4.69, 9.17) is 21.1 Å². The molecule has 2 rings (SSSR count). The molecule has 0 spiro atoms. The molecule has 0 unspecified atom stereocenters. The largest absolute Gasteiger partial charge is 0.496 e. The van der Waals surface area contributed by atoms with Gasteiger partial charge in [-0.05, 0) is 37.3 Å². The van der Waals surface area contributed by atoms with Gasteiger partial charge in [0.05, 0.1) is 12.0 Å². The SMILES string of the molecule is COc1ccc(Cl)cc1COC(=O)CN(C)S(=O)(=O)c1ccc(C(C)=O)cc1. The predicted octanol–water partition coefficient (Wildman–Crippen LogP) is 2.92. The highest BCUT2D eigenvalue weighted by atomic mass is 35.5. The Morgan fingerprint density at radius 2 is 1.75 bits per heavy atom. The molecule has 0 saturated heterocycles. The molecule has 150 valence electrons. The van der Waals surface area contributed by atoms with Crippen LogP contribution >= 0.6 is 11.6 Å². The zero-order valence-electron chi connectivity index (χ0n) is 15.6. The molecule has 0 aliphatic heterocycles. The number of hydrogen-bond donors (Lipinski definition) is 0. The maximum absolute atomic E-state index is 12.6. The number of carbonyl (C=O) groups is 2. The summed E-state index contributed by atoms with van der Waals surface area (Å²) in [6, 6.07) is 10.4. The number of nitrogens with zero attached hydrogens (tertiary/aromatic N) is 1. The standard InChI is InChI=1S/C19H20ClNO6S/c1-13(22)14-4-7-17(8-5-14)28(24,25)21(2)11-19(23)27-12-15-10-16(20)6-9-18(15)26-3/h4-10H,11-12H2,1-3H3. The highest BCUT2D eigenvalue weighted by Gasteiger charge is 2.24. The molecule has 0 aromatic heterocycles. The Labute approximate surface area is 168 Å². The normalized spacial score (nSPS) is 11.3. The first-order valence-corrected chi connectivity index (χ1v) is 10.0. The van der Waals surface area contributed by atoms with Gasteiger partial charge < -0.3 is 9.47 Å². The highest BCUT2D eigenvalue weighted by Crippen LogP contribution is 2.23. The van der Waals surface area contributed by atoms with Crippen molar-refractivity contribution in [2.24, 2.45) is 0 Å². The van der Waals surface area contributed by atoms with Gasteiger partial charge in [-0.15, -0.1) is 0 Å². The molecule has 7 nitrogen and oxygen atoms in total. The van der Waals surface area contributed by atoms with Gasteiger partial charge in [0.25, 0.3) is 0 Å². The predicted molar refractivity (Wildman–Crippen MR) is 104 cm³/mol. The van der Waals surface area contributed by atoms with Crippen LogP contribution in [0.1, 0.15) is 22.8 Å². The summed E-state index contributed by atoms with van der Waals surface area (Å²) in [6.45, 7) is 0.810. The molecule has 2 aromatic carbocycles. The van der Waals surface area contributed by atoms with Gasteiger partial charge in [0, 0.05) is 23.2 Å². The molecule has 9 heteroatoms. The van der Waals surface area contributed by atoms with Crippen LogP contribution in [0.15, 0.2) is 47.4 Å². The second-order valence-corrected chi connectivity index (χ2v) is 8.44. The van der Waals surface area contributed by atoms with Crippen LogP contribution in [0, 0.1) is 0 Å². The zero-order chi connectivity index (χ0) is 20.9. The molecule has 0 amide bonds. The number of ether oxygens (including phenoxy) is 2. The Hall–Kier alpha value is -2.42. The average molecular weight is 426 g/mol. The van der Waals surface area contributed by atoms with Gasteiger partial charge in [0.1, 0.15) is 18.9 Å². The molecular weight excluding hydrogens is 406 g/mol.